The van der Waals surface area contributed by atoms with Crippen molar-refractivity contribution in [1.82, 2.24) is 9.80 Å². The van der Waals surface area contributed by atoms with Crippen molar-refractivity contribution in [2.45, 2.75) is 56.0 Å². The highest BCUT2D eigenvalue weighted by Gasteiger charge is 2.34. The average Bonchev–Trinajstić information content (AvgIpc) is 2.68. The predicted molar refractivity (Wildman–Crippen MR) is 113 cm³/mol. The van der Waals surface area contributed by atoms with Crippen molar-refractivity contribution in [1.29, 1.82) is 0 Å². The van der Waals surface area contributed by atoms with E-state index in [9.17, 15) is 9.59 Å². The molecule has 0 aliphatic carbocycles. The molecule has 28 heavy (non-hydrogen) atoms. The number of amides is 2. The Morgan fingerprint density at radius 2 is 1.71 bits per heavy atom. The zero-order chi connectivity index (χ0) is 20.3. The quantitative estimate of drug-likeness (QED) is 0.691. The van der Waals surface area contributed by atoms with Gasteiger partial charge in [0, 0.05) is 37.0 Å². The van der Waals surface area contributed by atoms with Crippen LogP contribution in [0.5, 0.6) is 0 Å². The van der Waals surface area contributed by atoms with Crippen LogP contribution in [0.25, 0.3) is 0 Å². The number of ether oxygens (including phenoxy) is 1. The van der Waals surface area contributed by atoms with Gasteiger partial charge in [0.05, 0.1) is 22.5 Å². The van der Waals surface area contributed by atoms with Gasteiger partial charge in [-0.3, -0.25) is 9.59 Å². The number of benzene rings is 1. The number of likely N-dealkylation sites (tertiary alicyclic amines) is 1. The fourth-order valence-electron chi connectivity index (χ4n) is 4.00. The Kier molecular flexibility index (Phi) is 7.29. The molecule has 154 valence electrons. The van der Waals surface area contributed by atoms with E-state index in [4.69, 9.17) is 16.3 Å². The monoisotopic (exact) mass is 424 g/mol. The van der Waals surface area contributed by atoms with Gasteiger partial charge in [-0.1, -0.05) is 23.7 Å². The Labute approximate surface area is 176 Å². The van der Waals surface area contributed by atoms with Gasteiger partial charge in [-0.2, -0.15) is 0 Å². The summed E-state index contributed by atoms with van der Waals surface area (Å²) < 4.78 is 5.73. The van der Waals surface area contributed by atoms with Gasteiger partial charge in [-0.25, -0.2) is 0 Å². The number of thioether (sulfide) groups is 1. The van der Waals surface area contributed by atoms with Crippen LogP contribution < -0.4 is 0 Å². The van der Waals surface area contributed by atoms with Gasteiger partial charge in [0.1, 0.15) is 0 Å². The number of hydrogen-bond acceptors (Lipinski definition) is 4. The van der Waals surface area contributed by atoms with Crippen molar-refractivity contribution in [3.05, 3.63) is 29.3 Å². The molecular weight excluding hydrogens is 396 g/mol. The number of halogens is 1. The molecule has 0 radical (unpaired) electrons. The van der Waals surface area contributed by atoms with Crippen molar-refractivity contribution in [3.8, 4) is 0 Å². The van der Waals surface area contributed by atoms with Crippen LogP contribution in [0.2, 0.25) is 5.02 Å². The summed E-state index contributed by atoms with van der Waals surface area (Å²) in [6.45, 7) is 8.53. The van der Waals surface area contributed by atoms with Gasteiger partial charge in [-0.05, 0) is 45.7 Å². The fraction of sp³-hybridized carbons (Fsp3) is 0.619. The van der Waals surface area contributed by atoms with E-state index < -0.39 is 0 Å². The molecule has 1 aromatic rings. The van der Waals surface area contributed by atoms with Gasteiger partial charge in [0.25, 0.3) is 0 Å². The molecule has 2 fully saturated rings. The largest absolute Gasteiger partial charge is 0.372 e. The molecule has 0 saturated carbocycles. The Hall–Kier alpha value is -1.24. The van der Waals surface area contributed by atoms with Crippen LogP contribution in [0.3, 0.4) is 0 Å². The van der Waals surface area contributed by atoms with E-state index in [1.54, 1.807) is 0 Å². The molecule has 0 aromatic heterocycles. The molecule has 3 unspecified atom stereocenters. The number of carbonyl (C=O) groups excluding carboxylic acids is 2. The van der Waals surface area contributed by atoms with Crippen LogP contribution in [0.4, 0.5) is 0 Å². The predicted octanol–water partition coefficient (Wildman–Crippen LogP) is 3.70. The smallest absolute Gasteiger partial charge is 0.235 e. The summed E-state index contributed by atoms with van der Waals surface area (Å²) in [4.78, 5) is 30.5. The Morgan fingerprint density at radius 1 is 1.11 bits per heavy atom. The molecular formula is C21H29ClN2O3S. The molecule has 5 nitrogen and oxygen atoms in total. The van der Waals surface area contributed by atoms with E-state index in [1.807, 2.05) is 54.8 Å². The molecule has 0 N–H and O–H groups in total. The van der Waals surface area contributed by atoms with Gasteiger partial charge in [0.2, 0.25) is 11.8 Å². The second kappa shape index (κ2) is 9.51. The van der Waals surface area contributed by atoms with E-state index in [1.165, 1.54) is 11.8 Å². The minimum atomic E-state index is -0.201. The zero-order valence-electron chi connectivity index (χ0n) is 16.8. The maximum absolute atomic E-state index is 12.9. The van der Waals surface area contributed by atoms with Crippen molar-refractivity contribution in [2.24, 2.45) is 5.92 Å². The van der Waals surface area contributed by atoms with E-state index in [0.717, 1.165) is 17.7 Å². The highest BCUT2D eigenvalue weighted by Crippen LogP contribution is 2.31. The normalized spacial score (nSPS) is 24.9. The SMILES string of the molecule is CC1CN(C(=O)C2CCN(C(=O)C(C)Sc3ccccc3Cl)CC2)CC(C)O1. The minimum Gasteiger partial charge on any atom is -0.372 e. The summed E-state index contributed by atoms with van der Waals surface area (Å²) in [6, 6.07) is 7.59. The highest BCUT2D eigenvalue weighted by molar-refractivity contribution is 8.00. The number of hydrogen-bond donors (Lipinski definition) is 0. The molecule has 3 rings (SSSR count). The van der Waals surface area contributed by atoms with Crippen LogP contribution in [0.15, 0.2) is 29.2 Å². The zero-order valence-corrected chi connectivity index (χ0v) is 18.3. The van der Waals surface area contributed by atoms with Crippen molar-refractivity contribution in [3.63, 3.8) is 0 Å². The molecule has 0 bridgehead atoms. The highest BCUT2D eigenvalue weighted by atomic mass is 35.5. The topological polar surface area (TPSA) is 49.9 Å². The summed E-state index contributed by atoms with van der Waals surface area (Å²) in [5.74, 6) is 0.338. The lowest BCUT2D eigenvalue weighted by molar-refractivity contribution is -0.150. The average molecular weight is 425 g/mol. The molecule has 2 aliphatic heterocycles. The van der Waals surface area contributed by atoms with Gasteiger partial charge in [-0.15, -0.1) is 11.8 Å². The molecule has 0 spiro atoms. The number of piperidine rings is 1. The maximum atomic E-state index is 12.9. The van der Waals surface area contributed by atoms with Crippen LogP contribution in [-0.4, -0.2) is 65.3 Å². The molecule has 7 heteroatoms. The van der Waals surface area contributed by atoms with Crippen molar-refractivity contribution < 1.29 is 14.3 Å². The first-order valence-corrected chi connectivity index (χ1v) is 11.2. The fourth-order valence-corrected chi connectivity index (χ4v) is 5.24. The van der Waals surface area contributed by atoms with Crippen molar-refractivity contribution in [2.75, 3.05) is 26.2 Å². The van der Waals surface area contributed by atoms with Gasteiger partial charge in [0.15, 0.2) is 0 Å². The second-order valence-electron chi connectivity index (χ2n) is 7.79. The maximum Gasteiger partial charge on any atom is 0.235 e. The van der Waals surface area contributed by atoms with Crippen molar-refractivity contribution >= 4 is 35.2 Å². The first-order valence-electron chi connectivity index (χ1n) is 9.99. The molecule has 3 atom stereocenters. The molecule has 1 aromatic carbocycles. The van der Waals surface area contributed by atoms with Crippen LogP contribution in [0, 0.1) is 5.92 Å². The number of morpholine rings is 1. The molecule has 2 amide bonds. The Balaban J connectivity index is 1.51. The Morgan fingerprint density at radius 3 is 2.32 bits per heavy atom. The van der Waals surface area contributed by atoms with Crippen LogP contribution >= 0.6 is 23.4 Å². The third kappa shape index (κ3) is 5.22. The molecule has 2 heterocycles. The third-order valence-corrected chi connectivity index (χ3v) is 6.98. The summed E-state index contributed by atoms with van der Waals surface area (Å²) in [6.07, 6.45) is 1.62. The lowest BCUT2D eigenvalue weighted by Gasteiger charge is -2.39. The lowest BCUT2D eigenvalue weighted by atomic mass is 9.94. The molecule has 2 saturated heterocycles. The number of rotatable bonds is 4. The summed E-state index contributed by atoms with van der Waals surface area (Å²) >= 11 is 7.70. The van der Waals surface area contributed by atoms with E-state index in [2.05, 4.69) is 0 Å². The summed E-state index contributed by atoms with van der Waals surface area (Å²) in [7, 11) is 0. The summed E-state index contributed by atoms with van der Waals surface area (Å²) in [5.41, 5.74) is 0. The standard InChI is InChI=1S/C21H29ClN2O3S/c1-14-12-24(13-15(2)27-14)21(26)17-8-10-23(11-9-17)20(25)16(3)28-19-7-5-4-6-18(19)22/h4-7,14-17H,8-13H2,1-3H3. The third-order valence-electron chi connectivity index (χ3n) is 5.38. The number of nitrogens with zero attached hydrogens (tertiary/aromatic N) is 2. The van der Waals surface area contributed by atoms with E-state index in [-0.39, 0.29) is 35.2 Å². The number of carbonyl (C=O) groups is 2. The van der Waals surface area contributed by atoms with E-state index in [0.29, 0.717) is 31.2 Å². The summed E-state index contributed by atoms with van der Waals surface area (Å²) in [5, 5.41) is 0.471. The second-order valence-corrected chi connectivity index (χ2v) is 9.58. The molecule has 2 aliphatic rings. The first kappa shape index (κ1) is 21.5. The van der Waals surface area contributed by atoms with Gasteiger partial charge < -0.3 is 14.5 Å². The Bertz CT molecular complexity index is 699. The minimum absolute atomic E-state index is 0.00748. The van der Waals surface area contributed by atoms with E-state index >= 15 is 0 Å². The van der Waals surface area contributed by atoms with Gasteiger partial charge >= 0.3 is 0 Å². The first-order chi connectivity index (χ1) is 13.3. The van der Waals surface area contributed by atoms with Crippen LogP contribution in [0.1, 0.15) is 33.6 Å². The van der Waals surface area contributed by atoms with Crippen LogP contribution in [-0.2, 0) is 14.3 Å². The lowest BCUT2D eigenvalue weighted by Crippen LogP contribution is -2.52.